The molecule has 0 aliphatic carbocycles. The van der Waals surface area contributed by atoms with Gasteiger partial charge in [-0.15, -0.1) is 0 Å². The number of hydrogen-bond donors (Lipinski definition) is 2. The Kier molecular flexibility index (Phi) is 3.95. The number of likely N-dealkylation sites (N-methyl/N-ethyl adjacent to an activating group) is 1. The molecule has 8 heteroatoms. The first kappa shape index (κ1) is 20.7. The average molecular weight is 483 g/mol. The minimum atomic E-state index is -1.22. The summed E-state index contributed by atoms with van der Waals surface area (Å²) in [5.74, 6) is -1.24. The molecule has 3 aliphatic rings. The molecule has 182 valence electrons. The molecule has 8 rings (SSSR count). The van der Waals surface area contributed by atoms with E-state index in [1.807, 2.05) is 31.3 Å². The summed E-state index contributed by atoms with van der Waals surface area (Å²) in [6.07, 6.45) is -0.0659. The van der Waals surface area contributed by atoms with E-state index in [4.69, 9.17) is 14.2 Å². The first-order chi connectivity index (χ1) is 17.6. The van der Waals surface area contributed by atoms with Crippen LogP contribution in [0.25, 0.3) is 43.6 Å². The van der Waals surface area contributed by atoms with Crippen molar-refractivity contribution in [2.24, 2.45) is 0 Å². The highest BCUT2D eigenvalue weighted by Gasteiger charge is 2.56. The number of nitrogens with zero attached hydrogens (tertiary/aromatic N) is 2. The fourth-order valence-corrected chi connectivity index (χ4v) is 7.18. The minimum Gasteiger partial charge on any atom is -0.372 e. The highest BCUT2D eigenvalue weighted by atomic mass is 16.7. The van der Waals surface area contributed by atoms with E-state index in [1.165, 1.54) is 0 Å². The number of ether oxygens (including phenoxy) is 3. The second kappa shape index (κ2) is 6.86. The van der Waals surface area contributed by atoms with Crippen LogP contribution in [-0.4, -0.2) is 48.5 Å². The van der Waals surface area contributed by atoms with Crippen LogP contribution in [0.1, 0.15) is 28.6 Å². The van der Waals surface area contributed by atoms with E-state index < -0.39 is 12.0 Å². The molecule has 3 aliphatic heterocycles. The Bertz CT molecular complexity index is 1770. The molecule has 1 fully saturated rings. The van der Waals surface area contributed by atoms with E-state index in [1.54, 1.807) is 14.2 Å². The molecule has 36 heavy (non-hydrogen) atoms. The maximum absolute atomic E-state index is 13.4. The average Bonchev–Trinajstić information content (AvgIpc) is 3.55. The number of carbonyl (C=O) groups excluding carboxylic acids is 1. The lowest BCUT2D eigenvalue weighted by Gasteiger charge is -2.48. The molecule has 0 saturated carbocycles. The number of rotatable bonds is 3. The SMILES string of the molecule is CN[C@H]1CC2O[C@](OC)([C@H]1OC)n1c3ccccc3c3c4c(c5c6ccccc6n2c5c31)C(=O)NC4. The number of amides is 1. The molecule has 2 bridgehead atoms. The third kappa shape index (κ3) is 2.15. The first-order valence-corrected chi connectivity index (χ1v) is 12.4. The number of benzene rings is 3. The molecule has 4 atom stereocenters. The van der Waals surface area contributed by atoms with Crippen LogP contribution in [0.4, 0.5) is 0 Å². The molecule has 1 unspecified atom stereocenters. The van der Waals surface area contributed by atoms with Crippen LogP contribution in [0.3, 0.4) is 0 Å². The van der Waals surface area contributed by atoms with Crippen molar-refractivity contribution in [3.63, 3.8) is 0 Å². The summed E-state index contributed by atoms with van der Waals surface area (Å²) >= 11 is 0. The Labute approximate surface area is 206 Å². The second-order valence-electron chi connectivity index (χ2n) is 9.92. The van der Waals surface area contributed by atoms with Crippen molar-refractivity contribution in [1.82, 2.24) is 19.8 Å². The van der Waals surface area contributed by atoms with E-state index in [0.29, 0.717) is 13.0 Å². The number of aromatic nitrogens is 2. The van der Waals surface area contributed by atoms with Crippen LogP contribution < -0.4 is 10.6 Å². The first-order valence-electron chi connectivity index (χ1n) is 12.4. The Morgan fingerprint density at radius 3 is 2.47 bits per heavy atom. The van der Waals surface area contributed by atoms with Gasteiger partial charge in [-0.2, -0.15) is 0 Å². The highest BCUT2D eigenvalue weighted by Crippen LogP contribution is 2.53. The molecular weight excluding hydrogens is 456 g/mol. The summed E-state index contributed by atoms with van der Waals surface area (Å²) in [7, 11) is 5.36. The molecule has 5 heterocycles. The van der Waals surface area contributed by atoms with Gasteiger partial charge in [0.25, 0.3) is 11.8 Å². The number of methoxy groups -OCH3 is 2. The van der Waals surface area contributed by atoms with Crippen molar-refractivity contribution in [2.45, 2.75) is 37.3 Å². The zero-order valence-electron chi connectivity index (χ0n) is 20.3. The molecule has 0 radical (unpaired) electrons. The van der Waals surface area contributed by atoms with Crippen LogP contribution >= 0.6 is 0 Å². The molecule has 1 amide bonds. The Morgan fingerprint density at radius 1 is 1.03 bits per heavy atom. The zero-order chi connectivity index (χ0) is 24.3. The number of para-hydroxylation sites is 2. The molecular formula is C28H26N4O4. The van der Waals surface area contributed by atoms with Gasteiger partial charge in [0.1, 0.15) is 12.3 Å². The molecule has 1 saturated heterocycles. The standard InChI is InChI=1S/C28H26N4O4/c1-29-17-12-20-31-18-10-6-4-8-14(18)22-23-16(13-30-27(23)33)21-15-9-5-7-11-19(15)32(25(21)24(22)31)28(35-3,36-20)26(17)34-2/h4-11,17,20,26,29H,12-13H2,1-3H3,(H,30,33)/t17-,20?,26-,28+/m0/s1. The maximum Gasteiger partial charge on any atom is 0.287 e. The van der Waals surface area contributed by atoms with Gasteiger partial charge in [0, 0.05) is 54.8 Å². The van der Waals surface area contributed by atoms with Gasteiger partial charge in [0.15, 0.2) is 0 Å². The number of carbonyl (C=O) groups is 1. The lowest BCUT2D eigenvalue weighted by Crippen LogP contribution is -2.62. The second-order valence-corrected chi connectivity index (χ2v) is 9.92. The van der Waals surface area contributed by atoms with E-state index in [9.17, 15) is 4.79 Å². The zero-order valence-corrected chi connectivity index (χ0v) is 20.3. The van der Waals surface area contributed by atoms with Crippen molar-refractivity contribution in [2.75, 3.05) is 21.3 Å². The highest BCUT2D eigenvalue weighted by molar-refractivity contribution is 6.30. The smallest absolute Gasteiger partial charge is 0.287 e. The summed E-state index contributed by atoms with van der Waals surface area (Å²) in [6.45, 7) is 0.491. The van der Waals surface area contributed by atoms with Crippen molar-refractivity contribution in [1.29, 1.82) is 0 Å². The fourth-order valence-electron chi connectivity index (χ4n) is 7.18. The molecule has 2 N–H and O–H groups in total. The van der Waals surface area contributed by atoms with Crippen molar-refractivity contribution in [3.05, 3.63) is 59.7 Å². The van der Waals surface area contributed by atoms with Gasteiger partial charge < -0.3 is 29.4 Å². The van der Waals surface area contributed by atoms with E-state index >= 15 is 0 Å². The number of hydrogen-bond acceptors (Lipinski definition) is 5. The van der Waals surface area contributed by atoms with Crippen molar-refractivity contribution < 1.29 is 19.0 Å². The normalized spacial score (nSPS) is 26.9. The summed E-state index contributed by atoms with van der Waals surface area (Å²) in [4.78, 5) is 13.4. The molecule has 2 aromatic heterocycles. The summed E-state index contributed by atoms with van der Waals surface area (Å²) in [6, 6.07) is 16.6. The Balaban J connectivity index is 1.73. The van der Waals surface area contributed by atoms with Crippen LogP contribution in [0.2, 0.25) is 0 Å². The quantitative estimate of drug-likeness (QED) is 0.407. The monoisotopic (exact) mass is 482 g/mol. The molecule has 5 aromatic rings. The van der Waals surface area contributed by atoms with Crippen molar-refractivity contribution >= 4 is 49.5 Å². The van der Waals surface area contributed by atoms with Crippen LogP contribution in [0.15, 0.2) is 48.5 Å². The number of nitrogens with one attached hydrogen (secondary N) is 2. The van der Waals surface area contributed by atoms with E-state index in [-0.39, 0.29) is 18.2 Å². The summed E-state index contributed by atoms with van der Waals surface area (Å²) in [5.41, 5.74) is 5.85. The molecule has 3 aromatic carbocycles. The van der Waals surface area contributed by atoms with Gasteiger partial charge >= 0.3 is 0 Å². The predicted octanol–water partition coefficient (Wildman–Crippen LogP) is 3.94. The van der Waals surface area contributed by atoms with Gasteiger partial charge in [-0.05, 0) is 24.7 Å². The molecule has 8 nitrogen and oxygen atoms in total. The Hall–Kier alpha value is -3.43. The largest absolute Gasteiger partial charge is 0.372 e. The summed E-state index contributed by atoms with van der Waals surface area (Å²) < 4.78 is 24.0. The molecule has 0 spiro atoms. The van der Waals surface area contributed by atoms with Gasteiger partial charge in [-0.1, -0.05) is 36.4 Å². The van der Waals surface area contributed by atoms with E-state index in [2.05, 4.69) is 44.0 Å². The lowest BCUT2D eigenvalue weighted by atomic mass is 9.97. The number of fused-ring (bicyclic) bond motifs is 13. The third-order valence-electron chi connectivity index (χ3n) is 8.52. The fraction of sp³-hybridized carbons (Fsp3) is 0.321. The van der Waals surface area contributed by atoms with Gasteiger partial charge in [-0.25, -0.2) is 0 Å². The van der Waals surface area contributed by atoms with Gasteiger partial charge in [-0.3, -0.25) is 9.36 Å². The Morgan fingerprint density at radius 2 is 1.75 bits per heavy atom. The van der Waals surface area contributed by atoms with Crippen LogP contribution in [-0.2, 0) is 26.7 Å². The van der Waals surface area contributed by atoms with Gasteiger partial charge in [0.05, 0.1) is 27.6 Å². The summed E-state index contributed by atoms with van der Waals surface area (Å²) in [5, 5.41) is 10.7. The van der Waals surface area contributed by atoms with E-state index in [0.717, 1.165) is 54.7 Å². The van der Waals surface area contributed by atoms with Crippen LogP contribution in [0, 0.1) is 0 Å². The topological polar surface area (TPSA) is 78.7 Å². The van der Waals surface area contributed by atoms with Gasteiger partial charge in [0.2, 0.25) is 0 Å². The predicted molar refractivity (Wildman–Crippen MR) is 137 cm³/mol. The van der Waals surface area contributed by atoms with Crippen molar-refractivity contribution in [3.8, 4) is 0 Å². The lowest BCUT2D eigenvalue weighted by molar-refractivity contribution is -0.378. The maximum atomic E-state index is 13.4. The van der Waals surface area contributed by atoms with Crippen LogP contribution in [0.5, 0.6) is 0 Å². The third-order valence-corrected chi connectivity index (χ3v) is 8.52. The minimum absolute atomic E-state index is 0.0240.